The van der Waals surface area contributed by atoms with Gasteiger partial charge in [0.2, 0.25) is 10.0 Å². The predicted octanol–water partition coefficient (Wildman–Crippen LogP) is 0.493. The van der Waals surface area contributed by atoms with Crippen molar-refractivity contribution in [2.24, 2.45) is 7.05 Å². The maximum atomic E-state index is 12.4. The zero-order chi connectivity index (χ0) is 14.9. The van der Waals surface area contributed by atoms with Gasteiger partial charge in [-0.25, -0.2) is 18.1 Å². The van der Waals surface area contributed by atoms with Gasteiger partial charge in [-0.1, -0.05) is 6.07 Å². The van der Waals surface area contributed by atoms with Crippen LogP contribution in [0.2, 0.25) is 0 Å². The zero-order valence-electron chi connectivity index (χ0n) is 11.6. The standard InChI is InChI=1S/C12H17N5O2S/c1-8-4-5-10(13)12(9(8)2)20(18,19)15-6-11-14-7-17(3)16-11/h4-5,7,15H,6,13H2,1-3H3. The SMILES string of the molecule is Cc1ccc(N)c(S(=O)(=O)NCc2ncn(C)n2)c1C. The summed E-state index contributed by atoms with van der Waals surface area (Å²) in [4.78, 5) is 4.09. The molecule has 0 saturated carbocycles. The van der Waals surface area contributed by atoms with E-state index in [4.69, 9.17) is 5.73 Å². The molecule has 8 heteroatoms. The lowest BCUT2D eigenvalue weighted by atomic mass is 10.1. The minimum Gasteiger partial charge on any atom is -0.398 e. The Labute approximate surface area is 117 Å². The average Bonchev–Trinajstić information content (AvgIpc) is 2.78. The van der Waals surface area contributed by atoms with Gasteiger partial charge in [0.1, 0.15) is 11.2 Å². The first-order chi connectivity index (χ1) is 9.31. The molecular formula is C12H17N5O2S. The van der Waals surface area contributed by atoms with Gasteiger partial charge in [-0.15, -0.1) is 0 Å². The van der Waals surface area contributed by atoms with Gasteiger partial charge < -0.3 is 5.73 Å². The molecule has 0 aliphatic carbocycles. The van der Waals surface area contributed by atoms with Gasteiger partial charge in [-0.05, 0) is 31.0 Å². The molecule has 1 aromatic carbocycles. The largest absolute Gasteiger partial charge is 0.398 e. The van der Waals surface area contributed by atoms with E-state index in [1.807, 2.05) is 6.92 Å². The number of nitrogens with zero attached hydrogens (tertiary/aromatic N) is 3. The van der Waals surface area contributed by atoms with Gasteiger partial charge in [-0.2, -0.15) is 5.10 Å². The molecule has 3 N–H and O–H groups in total. The monoisotopic (exact) mass is 295 g/mol. The molecule has 0 radical (unpaired) electrons. The van der Waals surface area contributed by atoms with Crippen LogP contribution >= 0.6 is 0 Å². The topological polar surface area (TPSA) is 103 Å². The number of benzene rings is 1. The molecule has 0 unspecified atom stereocenters. The smallest absolute Gasteiger partial charge is 0.243 e. The fourth-order valence-corrected chi connectivity index (χ4v) is 3.27. The fraction of sp³-hybridized carbons (Fsp3) is 0.333. The summed E-state index contributed by atoms with van der Waals surface area (Å²) < 4.78 is 28.7. The molecule has 1 heterocycles. The molecule has 1 aromatic heterocycles. The lowest BCUT2D eigenvalue weighted by molar-refractivity contribution is 0.578. The number of hydrogen-bond donors (Lipinski definition) is 2. The highest BCUT2D eigenvalue weighted by Crippen LogP contribution is 2.25. The number of hydrogen-bond acceptors (Lipinski definition) is 5. The lowest BCUT2D eigenvalue weighted by Gasteiger charge is -2.12. The van der Waals surface area contributed by atoms with E-state index in [1.165, 1.54) is 11.0 Å². The van der Waals surface area contributed by atoms with Gasteiger partial charge in [0, 0.05) is 7.05 Å². The van der Waals surface area contributed by atoms with Crippen molar-refractivity contribution in [3.63, 3.8) is 0 Å². The molecule has 20 heavy (non-hydrogen) atoms. The quantitative estimate of drug-likeness (QED) is 0.799. The van der Waals surface area contributed by atoms with Crippen LogP contribution in [0.5, 0.6) is 0 Å². The summed E-state index contributed by atoms with van der Waals surface area (Å²) in [6.45, 7) is 3.60. The first-order valence-corrected chi connectivity index (χ1v) is 7.49. The summed E-state index contributed by atoms with van der Waals surface area (Å²) in [6.07, 6.45) is 1.51. The van der Waals surface area contributed by atoms with E-state index in [1.54, 1.807) is 26.1 Å². The van der Waals surface area contributed by atoms with Gasteiger partial charge in [-0.3, -0.25) is 4.68 Å². The van der Waals surface area contributed by atoms with Crippen molar-refractivity contribution in [2.75, 3.05) is 5.73 Å². The second-order valence-corrected chi connectivity index (χ2v) is 6.29. The maximum absolute atomic E-state index is 12.4. The maximum Gasteiger partial charge on any atom is 0.243 e. The van der Waals surface area contributed by atoms with Crippen molar-refractivity contribution in [3.05, 3.63) is 35.4 Å². The van der Waals surface area contributed by atoms with Crippen LogP contribution in [-0.4, -0.2) is 23.2 Å². The molecular weight excluding hydrogens is 278 g/mol. The number of nitrogens with two attached hydrogens (primary N) is 1. The van der Waals surface area contributed by atoms with Crippen LogP contribution in [0, 0.1) is 13.8 Å². The van der Waals surface area contributed by atoms with E-state index >= 15 is 0 Å². The van der Waals surface area contributed by atoms with E-state index < -0.39 is 10.0 Å². The Kier molecular flexibility index (Phi) is 3.78. The number of nitrogen functional groups attached to an aromatic ring is 1. The molecule has 0 aliphatic heterocycles. The molecule has 0 amide bonds. The molecule has 0 bridgehead atoms. The summed E-state index contributed by atoms with van der Waals surface area (Å²) in [5, 5.41) is 4.02. The summed E-state index contributed by atoms with van der Waals surface area (Å²) in [6, 6.07) is 3.39. The van der Waals surface area contributed by atoms with Gasteiger partial charge >= 0.3 is 0 Å². The Morgan fingerprint density at radius 3 is 2.65 bits per heavy atom. The van der Waals surface area contributed by atoms with Gasteiger partial charge in [0.05, 0.1) is 12.2 Å². The molecule has 0 fully saturated rings. The van der Waals surface area contributed by atoms with Crippen molar-refractivity contribution in [1.29, 1.82) is 0 Å². The summed E-state index contributed by atoms with van der Waals surface area (Å²) >= 11 is 0. The van der Waals surface area contributed by atoms with Crippen LogP contribution in [0.3, 0.4) is 0 Å². The highest BCUT2D eigenvalue weighted by molar-refractivity contribution is 7.89. The molecule has 0 atom stereocenters. The van der Waals surface area contributed by atoms with Crippen molar-refractivity contribution in [3.8, 4) is 0 Å². The molecule has 108 valence electrons. The van der Waals surface area contributed by atoms with Gasteiger partial charge in [0.15, 0.2) is 5.82 Å². The second kappa shape index (κ2) is 5.22. The number of rotatable bonds is 4. The number of aromatic nitrogens is 3. The van der Waals surface area contributed by atoms with E-state index in [2.05, 4.69) is 14.8 Å². The first kappa shape index (κ1) is 14.5. The summed E-state index contributed by atoms with van der Waals surface area (Å²) in [5.41, 5.74) is 7.54. The van der Waals surface area contributed by atoms with Gasteiger partial charge in [0.25, 0.3) is 0 Å². The third kappa shape index (κ3) is 2.81. The Morgan fingerprint density at radius 2 is 2.05 bits per heavy atom. The molecule has 7 nitrogen and oxygen atoms in total. The highest BCUT2D eigenvalue weighted by atomic mass is 32.2. The van der Waals surface area contributed by atoms with Crippen LogP contribution in [-0.2, 0) is 23.6 Å². The normalized spacial score (nSPS) is 11.8. The number of sulfonamides is 1. The molecule has 2 rings (SSSR count). The van der Waals surface area contributed by atoms with Crippen LogP contribution in [0.25, 0.3) is 0 Å². The van der Waals surface area contributed by atoms with Crippen LogP contribution < -0.4 is 10.5 Å². The van der Waals surface area contributed by atoms with Crippen LogP contribution in [0.15, 0.2) is 23.4 Å². The van der Waals surface area contributed by atoms with E-state index in [-0.39, 0.29) is 17.1 Å². The van der Waals surface area contributed by atoms with Crippen molar-refractivity contribution < 1.29 is 8.42 Å². The van der Waals surface area contributed by atoms with Crippen molar-refractivity contribution >= 4 is 15.7 Å². The first-order valence-electron chi connectivity index (χ1n) is 6.01. The minimum atomic E-state index is -3.70. The van der Waals surface area contributed by atoms with Crippen molar-refractivity contribution in [2.45, 2.75) is 25.3 Å². The van der Waals surface area contributed by atoms with E-state index in [0.29, 0.717) is 11.4 Å². The molecule has 0 saturated heterocycles. The third-order valence-electron chi connectivity index (χ3n) is 3.04. The Hall–Kier alpha value is -1.93. The number of anilines is 1. The summed E-state index contributed by atoms with van der Waals surface area (Å²) in [7, 11) is -1.98. The second-order valence-electron chi connectivity index (χ2n) is 4.58. The summed E-state index contributed by atoms with van der Waals surface area (Å²) in [5.74, 6) is 0.403. The number of nitrogens with one attached hydrogen (secondary N) is 1. The Bertz CT molecular complexity index is 736. The van der Waals surface area contributed by atoms with E-state index in [0.717, 1.165) is 5.56 Å². The Morgan fingerprint density at radius 1 is 1.35 bits per heavy atom. The molecule has 0 spiro atoms. The zero-order valence-corrected chi connectivity index (χ0v) is 12.4. The van der Waals surface area contributed by atoms with E-state index in [9.17, 15) is 8.42 Å². The number of aryl methyl sites for hydroxylation is 2. The van der Waals surface area contributed by atoms with Crippen LogP contribution in [0.4, 0.5) is 5.69 Å². The Balaban J connectivity index is 2.29. The lowest BCUT2D eigenvalue weighted by Crippen LogP contribution is -2.25. The van der Waals surface area contributed by atoms with Crippen LogP contribution in [0.1, 0.15) is 17.0 Å². The molecule has 2 aromatic rings. The highest BCUT2D eigenvalue weighted by Gasteiger charge is 2.21. The van der Waals surface area contributed by atoms with Crippen molar-refractivity contribution in [1.82, 2.24) is 19.5 Å². The fourth-order valence-electron chi connectivity index (χ4n) is 1.86. The third-order valence-corrected chi connectivity index (χ3v) is 4.65. The molecule has 0 aliphatic rings. The average molecular weight is 295 g/mol. The minimum absolute atomic E-state index is 0.0238. The predicted molar refractivity (Wildman–Crippen MR) is 75.4 cm³/mol.